The van der Waals surface area contributed by atoms with Gasteiger partial charge in [0, 0.05) is 6.42 Å². The zero-order valence-corrected chi connectivity index (χ0v) is 44.9. The van der Waals surface area contributed by atoms with Crippen molar-refractivity contribution in [2.45, 2.75) is 289 Å². The van der Waals surface area contributed by atoms with E-state index in [-0.39, 0.29) is 19.1 Å². The van der Waals surface area contributed by atoms with E-state index in [9.17, 15) is 19.4 Å². The number of phosphoric ester groups is 1. The smallest absolute Gasteiger partial charge is 0.268 e. The Bertz CT molecular complexity index is 1110. The molecule has 0 rings (SSSR count). The highest BCUT2D eigenvalue weighted by Crippen LogP contribution is 2.38. The molecular weight excluding hydrogens is 828 g/mol. The number of nitrogens with one attached hydrogen (secondary N) is 1. The van der Waals surface area contributed by atoms with E-state index in [0.29, 0.717) is 17.4 Å². The number of allylic oxidation sites excluding steroid dienone is 3. The van der Waals surface area contributed by atoms with Gasteiger partial charge >= 0.3 is 0 Å². The lowest BCUT2D eigenvalue weighted by Gasteiger charge is -2.29. The summed E-state index contributed by atoms with van der Waals surface area (Å²) in [6.45, 7) is 4.66. The first-order chi connectivity index (χ1) is 31.5. The van der Waals surface area contributed by atoms with Crippen LogP contribution in [0.3, 0.4) is 0 Å². The molecule has 0 bridgehead atoms. The van der Waals surface area contributed by atoms with Crippen LogP contribution in [0.15, 0.2) is 24.3 Å². The zero-order chi connectivity index (χ0) is 47.8. The molecule has 0 heterocycles. The molecule has 0 aliphatic heterocycles. The van der Waals surface area contributed by atoms with Crippen LogP contribution in [-0.2, 0) is 18.4 Å². The summed E-state index contributed by atoms with van der Waals surface area (Å²) in [6, 6.07) is -0.899. The van der Waals surface area contributed by atoms with Gasteiger partial charge in [-0.05, 0) is 32.1 Å². The molecule has 0 radical (unpaired) electrons. The van der Waals surface area contributed by atoms with Gasteiger partial charge in [0.2, 0.25) is 5.91 Å². The minimum absolute atomic E-state index is 0.00387. The van der Waals surface area contributed by atoms with Crippen LogP contribution in [-0.4, -0.2) is 68.5 Å². The van der Waals surface area contributed by atoms with E-state index in [0.717, 1.165) is 38.5 Å². The third-order valence-corrected chi connectivity index (χ3v) is 13.9. The Labute approximate surface area is 404 Å². The molecule has 1 amide bonds. The van der Waals surface area contributed by atoms with Crippen LogP contribution >= 0.6 is 7.82 Å². The molecule has 0 aliphatic rings. The number of carbonyl (C=O) groups excluding carboxylic acids is 1. The standard InChI is InChI=1S/C56H111N2O6P/c1-6-8-10-12-14-16-18-20-22-24-25-26-27-28-29-30-31-32-33-34-36-38-40-42-44-46-48-50-56(60)57-54(53-64-65(61,62)63-52-51-58(3,4)5)55(59)49-47-45-43-41-39-37-35-23-21-19-17-15-13-11-9-7-2/h39,41,47,49,54-55,59H,6-38,40,42-46,48,50-53H2,1-5H3,(H-,57,60,61,62)/b41-39+,49-47+. The number of rotatable bonds is 52. The number of unbranched alkanes of at least 4 members (excludes halogenated alkanes) is 37. The summed E-state index contributed by atoms with van der Waals surface area (Å²) in [5.74, 6) is -0.202. The lowest BCUT2D eigenvalue weighted by molar-refractivity contribution is -0.870. The van der Waals surface area contributed by atoms with Crippen molar-refractivity contribution < 1.29 is 32.9 Å². The van der Waals surface area contributed by atoms with E-state index in [2.05, 4.69) is 31.3 Å². The first-order valence-corrected chi connectivity index (χ1v) is 29.7. The second kappa shape index (κ2) is 48.0. The topological polar surface area (TPSA) is 108 Å². The number of likely N-dealkylation sites (N-methyl/N-ethyl adjacent to an activating group) is 1. The average Bonchev–Trinajstić information content (AvgIpc) is 3.26. The van der Waals surface area contributed by atoms with Crippen LogP contribution in [0.2, 0.25) is 0 Å². The maximum absolute atomic E-state index is 12.9. The van der Waals surface area contributed by atoms with Crippen molar-refractivity contribution in [1.29, 1.82) is 0 Å². The van der Waals surface area contributed by atoms with Crippen molar-refractivity contribution in [3.8, 4) is 0 Å². The molecule has 0 saturated heterocycles. The fourth-order valence-electron chi connectivity index (χ4n) is 8.47. The van der Waals surface area contributed by atoms with Gasteiger partial charge in [0.1, 0.15) is 13.2 Å². The van der Waals surface area contributed by atoms with Crippen LogP contribution < -0.4 is 10.2 Å². The lowest BCUT2D eigenvalue weighted by atomic mass is 10.0. The first-order valence-electron chi connectivity index (χ1n) is 28.2. The summed E-state index contributed by atoms with van der Waals surface area (Å²) in [6.07, 6.45) is 59.7. The van der Waals surface area contributed by atoms with Crippen molar-refractivity contribution in [2.75, 3.05) is 40.9 Å². The number of hydrogen-bond acceptors (Lipinski definition) is 6. The van der Waals surface area contributed by atoms with Gasteiger partial charge in [-0.25, -0.2) is 0 Å². The zero-order valence-electron chi connectivity index (χ0n) is 44.0. The summed E-state index contributed by atoms with van der Waals surface area (Å²) in [4.78, 5) is 25.4. The van der Waals surface area contributed by atoms with E-state index in [1.807, 2.05) is 27.2 Å². The van der Waals surface area contributed by atoms with Gasteiger partial charge < -0.3 is 28.8 Å². The molecule has 9 heteroatoms. The molecule has 0 aromatic carbocycles. The van der Waals surface area contributed by atoms with Gasteiger partial charge in [0.25, 0.3) is 7.82 Å². The summed E-state index contributed by atoms with van der Waals surface area (Å²) >= 11 is 0. The molecule has 0 aromatic rings. The molecule has 65 heavy (non-hydrogen) atoms. The van der Waals surface area contributed by atoms with Crippen LogP contribution in [0.4, 0.5) is 0 Å². The lowest BCUT2D eigenvalue weighted by Crippen LogP contribution is -2.45. The SMILES string of the molecule is CCCCCCCCCCCC/C=C/CC/C=C/C(O)C(COP(=O)([O-])OCC[N+](C)(C)C)NC(=O)CCCCCCCCCCCCCCCCCCCCCCCCCCCCC. The summed E-state index contributed by atoms with van der Waals surface area (Å²) in [5.41, 5.74) is 0. The highest BCUT2D eigenvalue weighted by atomic mass is 31.2. The largest absolute Gasteiger partial charge is 0.756 e. The Hall–Kier alpha value is -1.02. The monoisotopic (exact) mass is 939 g/mol. The molecule has 3 atom stereocenters. The van der Waals surface area contributed by atoms with Crippen LogP contribution in [0.1, 0.15) is 277 Å². The average molecular weight is 939 g/mol. The molecular formula is C56H111N2O6P. The highest BCUT2D eigenvalue weighted by Gasteiger charge is 2.23. The number of amides is 1. The number of aliphatic hydroxyl groups excluding tert-OH is 1. The number of carbonyl (C=O) groups is 1. The van der Waals surface area contributed by atoms with Crippen molar-refractivity contribution in [3.05, 3.63) is 24.3 Å². The van der Waals surface area contributed by atoms with Crippen molar-refractivity contribution in [2.24, 2.45) is 0 Å². The van der Waals surface area contributed by atoms with E-state index in [4.69, 9.17) is 9.05 Å². The molecule has 2 N–H and O–H groups in total. The fourth-order valence-corrected chi connectivity index (χ4v) is 9.19. The van der Waals surface area contributed by atoms with Crippen molar-refractivity contribution in [3.63, 3.8) is 0 Å². The minimum atomic E-state index is -4.60. The second-order valence-corrected chi connectivity index (χ2v) is 22.1. The van der Waals surface area contributed by atoms with E-state index in [1.165, 1.54) is 218 Å². The third-order valence-electron chi connectivity index (χ3n) is 12.9. The maximum atomic E-state index is 12.9. The number of aliphatic hydroxyl groups is 1. The summed E-state index contributed by atoms with van der Waals surface area (Å²) in [5, 5.41) is 13.8. The summed E-state index contributed by atoms with van der Waals surface area (Å²) < 4.78 is 23.3. The Morgan fingerprint density at radius 3 is 1.25 bits per heavy atom. The molecule has 0 fully saturated rings. The maximum Gasteiger partial charge on any atom is 0.268 e. The first kappa shape index (κ1) is 64.0. The second-order valence-electron chi connectivity index (χ2n) is 20.6. The van der Waals surface area contributed by atoms with Crippen molar-refractivity contribution in [1.82, 2.24) is 5.32 Å². The highest BCUT2D eigenvalue weighted by molar-refractivity contribution is 7.45. The molecule has 0 saturated carbocycles. The van der Waals surface area contributed by atoms with Gasteiger partial charge in [-0.3, -0.25) is 9.36 Å². The number of phosphoric acid groups is 1. The quantitative estimate of drug-likeness (QED) is 0.0272. The molecule has 0 spiro atoms. The Morgan fingerprint density at radius 2 is 0.862 bits per heavy atom. The Kier molecular flexibility index (Phi) is 47.3. The van der Waals surface area contributed by atoms with Crippen LogP contribution in [0.25, 0.3) is 0 Å². The van der Waals surface area contributed by atoms with Crippen LogP contribution in [0.5, 0.6) is 0 Å². The van der Waals surface area contributed by atoms with Gasteiger partial charge in [-0.2, -0.15) is 0 Å². The van der Waals surface area contributed by atoms with E-state index in [1.54, 1.807) is 6.08 Å². The van der Waals surface area contributed by atoms with Crippen molar-refractivity contribution >= 4 is 13.7 Å². The normalized spacial score (nSPS) is 14.1. The molecule has 386 valence electrons. The van der Waals surface area contributed by atoms with E-state index < -0.39 is 20.0 Å². The molecule has 8 nitrogen and oxygen atoms in total. The van der Waals surface area contributed by atoms with Gasteiger partial charge in [0.15, 0.2) is 0 Å². The van der Waals surface area contributed by atoms with Crippen LogP contribution in [0, 0.1) is 0 Å². The fraction of sp³-hybridized carbons (Fsp3) is 0.911. The Morgan fingerprint density at radius 1 is 0.523 bits per heavy atom. The Balaban J connectivity index is 4.15. The van der Waals surface area contributed by atoms with Gasteiger partial charge in [0.05, 0.1) is 39.9 Å². The number of quaternary nitrogens is 1. The third kappa shape index (κ3) is 50.7. The van der Waals surface area contributed by atoms with Gasteiger partial charge in [-0.1, -0.05) is 263 Å². The molecule has 0 aromatic heterocycles. The summed E-state index contributed by atoms with van der Waals surface area (Å²) in [7, 11) is 1.26. The van der Waals surface area contributed by atoms with E-state index >= 15 is 0 Å². The molecule has 0 aliphatic carbocycles. The molecule has 3 unspecified atom stereocenters. The number of nitrogens with zero attached hydrogens (tertiary/aromatic N) is 1. The number of hydrogen-bond donors (Lipinski definition) is 2. The predicted molar refractivity (Wildman–Crippen MR) is 279 cm³/mol. The van der Waals surface area contributed by atoms with Gasteiger partial charge in [-0.15, -0.1) is 0 Å². The minimum Gasteiger partial charge on any atom is -0.756 e. The predicted octanol–water partition coefficient (Wildman–Crippen LogP) is 16.2.